The summed E-state index contributed by atoms with van der Waals surface area (Å²) >= 11 is 0. The van der Waals surface area contributed by atoms with E-state index in [1.54, 1.807) is 19.1 Å². The standard InChI is InChI=1S/C18H19N5O4.ClH/c1-12-10-16(24)17(18(25)20-11-13-6-8-19-9-7-13)21-22(12)14-4-2-3-5-15(14)23(26)27;/h2-6,10,19H,7-9,11H2,1H3,(H,20,25);1H. The molecule has 2 heterocycles. The molecule has 9 nitrogen and oxygen atoms in total. The van der Waals surface area contributed by atoms with Crippen LogP contribution >= 0.6 is 12.4 Å². The molecule has 1 aromatic carbocycles. The number of nitro groups is 1. The number of amides is 1. The Hall–Kier alpha value is -3.04. The summed E-state index contributed by atoms with van der Waals surface area (Å²) in [6.07, 6.45) is 2.82. The average molecular weight is 406 g/mol. The summed E-state index contributed by atoms with van der Waals surface area (Å²) in [5, 5.41) is 21.3. The van der Waals surface area contributed by atoms with Crippen LogP contribution in [-0.4, -0.2) is 40.2 Å². The summed E-state index contributed by atoms with van der Waals surface area (Å²) in [5.74, 6) is -0.605. The van der Waals surface area contributed by atoms with Gasteiger partial charge in [-0.3, -0.25) is 19.7 Å². The Kier molecular flexibility index (Phi) is 7.02. The first-order valence-corrected chi connectivity index (χ1v) is 8.49. The van der Waals surface area contributed by atoms with Gasteiger partial charge in [-0.25, -0.2) is 4.68 Å². The Balaban J connectivity index is 0.00000280. The molecule has 10 heteroatoms. The lowest BCUT2D eigenvalue weighted by molar-refractivity contribution is -0.384. The van der Waals surface area contributed by atoms with Crippen LogP contribution in [0.25, 0.3) is 5.69 Å². The molecule has 0 spiro atoms. The van der Waals surface area contributed by atoms with Crippen molar-refractivity contribution < 1.29 is 9.72 Å². The van der Waals surface area contributed by atoms with E-state index in [-0.39, 0.29) is 29.5 Å². The van der Waals surface area contributed by atoms with Crippen LogP contribution in [0.3, 0.4) is 0 Å². The number of aryl methyl sites for hydroxylation is 1. The van der Waals surface area contributed by atoms with Crippen molar-refractivity contribution in [1.29, 1.82) is 0 Å². The summed E-state index contributed by atoms with van der Waals surface area (Å²) in [7, 11) is 0. The second kappa shape index (κ2) is 9.25. The Morgan fingerprint density at radius 2 is 2.14 bits per heavy atom. The van der Waals surface area contributed by atoms with Gasteiger partial charge in [0, 0.05) is 30.9 Å². The molecule has 1 aliphatic heterocycles. The van der Waals surface area contributed by atoms with Crippen molar-refractivity contribution in [3.05, 3.63) is 73.7 Å². The Morgan fingerprint density at radius 1 is 1.39 bits per heavy atom. The number of carbonyl (C=O) groups is 1. The highest BCUT2D eigenvalue weighted by molar-refractivity contribution is 5.92. The molecule has 0 saturated heterocycles. The van der Waals surface area contributed by atoms with Crippen LogP contribution in [0.1, 0.15) is 22.6 Å². The van der Waals surface area contributed by atoms with Crippen molar-refractivity contribution in [2.24, 2.45) is 0 Å². The number of hydrogen-bond donors (Lipinski definition) is 2. The van der Waals surface area contributed by atoms with Gasteiger partial charge >= 0.3 is 0 Å². The maximum absolute atomic E-state index is 12.5. The van der Waals surface area contributed by atoms with Crippen molar-refractivity contribution in [2.75, 3.05) is 19.6 Å². The lowest BCUT2D eigenvalue weighted by atomic mass is 10.1. The van der Waals surface area contributed by atoms with E-state index in [1.165, 1.54) is 22.9 Å². The summed E-state index contributed by atoms with van der Waals surface area (Å²) < 4.78 is 1.25. The number of para-hydroxylation sites is 2. The zero-order valence-corrected chi connectivity index (χ0v) is 16.0. The van der Waals surface area contributed by atoms with Gasteiger partial charge in [-0.1, -0.05) is 23.8 Å². The third-order valence-electron chi connectivity index (χ3n) is 4.26. The Labute approximate surface area is 167 Å². The molecule has 1 aromatic heterocycles. The fraction of sp³-hybridized carbons (Fsp3) is 0.278. The third-order valence-corrected chi connectivity index (χ3v) is 4.26. The van der Waals surface area contributed by atoms with Gasteiger partial charge in [0.2, 0.25) is 5.43 Å². The van der Waals surface area contributed by atoms with E-state index < -0.39 is 16.3 Å². The monoisotopic (exact) mass is 405 g/mol. The highest BCUT2D eigenvalue weighted by Crippen LogP contribution is 2.22. The van der Waals surface area contributed by atoms with Gasteiger partial charge in [0.15, 0.2) is 5.69 Å². The maximum atomic E-state index is 12.5. The van der Waals surface area contributed by atoms with Gasteiger partial charge in [0.1, 0.15) is 5.69 Å². The molecule has 0 radical (unpaired) electrons. The molecular formula is C18H20ClN5O4. The number of rotatable bonds is 5. The summed E-state index contributed by atoms with van der Waals surface area (Å²) in [6, 6.07) is 7.29. The first-order chi connectivity index (χ1) is 13.0. The van der Waals surface area contributed by atoms with Crippen LogP contribution in [0.4, 0.5) is 5.69 Å². The highest BCUT2D eigenvalue weighted by atomic mass is 35.5. The summed E-state index contributed by atoms with van der Waals surface area (Å²) in [5.41, 5.74) is 0.672. The topological polar surface area (TPSA) is 119 Å². The number of halogens is 1. The Morgan fingerprint density at radius 3 is 2.82 bits per heavy atom. The quantitative estimate of drug-likeness (QED) is 0.442. The summed E-state index contributed by atoms with van der Waals surface area (Å²) in [4.78, 5) is 35.4. The number of nitrogens with one attached hydrogen (secondary N) is 2. The van der Waals surface area contributed by atoms with Gasteiger partial charge in [-0.05, 0) is 26.0 Å². The minimum absolute atomic E-state index is 0. The number of hydrogen-bond acceptors (Lipinski definition) is 6. The average Bonchev–Trinajstić information content (AvgIpc) is 2.67. The predicted octanol–water partition coefficient (Wildman–Crippen LogP) is 1.52. The SMILES string of the molecule is Cc1cc(=O)c(C(=O)NCC2=CCNCC2)nn1-c1ccccc1[N+](=O)[O-].Cl. The van der Waals surface area contributed by atoms with Crippen LogP contribution in [-0.2, 0) is 0 Å². The molecule has 2 N–H and O–H groups in total. The van der Waals surface area contributed by atoms with Crippen LogP contribution in [0.5, 0.6) is 0 Å². The van der Waals surface area contributed by atoms with Gasteiger partial charge in [0.25, 0.3) is 11.6 Å². The van der Waals surface area contributed by atoms with Crippen LogP contribution in [0.15, 0.2) is 46.8 Å². The van der Waals surface area contributed by atoms with Crippen LogP contribution in [0.2, 0.25) is 0 Å². The van der Waals surface area contributed by atoms with E-state index in [1.807, 2.05) is 6.08 Å². The van der Waals surface area contributed by atoms with E-state index in [4.69, 9.17) is 0 Å². The normalized spacial score (nSPS) is 13.2. The molecule has 3 rings (SSSR count). The van der Waals surface area contributed by atoms with Crippen molar-refractivity contribution in [2.45, 2.75) is 13.3 Å². The predicted molar refractivity (Wildman–Crippen MR) is 106 cm³/mol. The molecule has 1 aliphatic rings. The Bertz CT molecular complexity index is 986. The van der Waals surface area contributed by atoms with Gasteiger partial charge < -0.3 is 10.6 Å². The van der Waals surface area contributed by atoms with E-state index >= 15 is 0 Å². The maximum Gasteiger partial charge on any atom is 0.294 e. The van der Waals surface area contributed by atoms with Gasteiger partial charge in [-0.2, -0.15) is 5.10 Å². The third kappa shape index (κ3) is 4.62. The molecular weight excluding hydrogens is 386 g/mol. The second-order valence-corrected chi connectivity index (χ2v) is 6.16. The first-order valence-electron chi connectivity index (χ1n) is 8.49. The fourth-order valence-electron chi connectivity index (χ4n) is 2.85. The van der Waals surface area contributed by atoms with Crippen molar-refractivity contribution in [3.8, 4) is 5.69 Å². The zero-order chi connectivity index (χ0) is 19.4. The number of nitrogens with zero attached hydrogens (tertiary/aromatic N) is 3. The first kappa shape index (κ1) is 21.3. The van der Waals surface area contributed by atoms with Crippen molar-refractivity contribution >= 4 is 24.0 Å². The molecule has 0 atom stereocenters. The molecule has 2 aromatic rings. The fourth-order valence-corrected chi connectivity index (χ4v) is 2.85. The van der Waals surface area contributed by atoms with E-state index in [2.05, 4.69) is 15.7 Å². The number of benzene rings is 1. The molecule has 148 valence electrons. The lowest BCUT2D eigenvalue weighted by Gasteiger charge is -2.15. The molecule has 0 unspecified atom stereocenters. The number of nitro benzene ring substituents is 1. The zero-order valence-electron chi connectivity index (χ0n) is 15.2. The van der Waals surface area contributed by atoms with Gasteiger partial charge in [-0.15, -0.1) is 12.4 Å². The summed E-state index contributed by atoms with van der Waals surface area (Å²) in [6.45, 7) is 3.53. The minimum Gasteiger partial charge on any atom is -0.347 e. The van der Waals surface area contributed by atoms with Crippen molar-refractivity contribution in [3.63, 3.8) is 0 Å². The molecule has 0 aliphatic carbocycles. The molecule has 0 bridgehead atoms. The lowest BCUT2D eigenvalue weighted by Crippen LogP contribution is -2.34. The second-order valence-electron chi connectivity index (χ2n) is 6.16. The molecule has 28 heavy (non-hydrogen) atoms. The van der Waals surface area contributed by atoms with E-state index in [0.717, 1.165) is 25.1 Å². The smallest absolute Gasteiger partial charge is 0.294 e. The highest BCUT2D eigenvalue weighted by Gasteiger charge is 2.20. The molecule has 0 saturated carbocycles. The van der Waals surface area contributed by atoms with Gasteiger partial charge in [0.05, 0.1) is 4.92 Å². The van der Waals surface area contributed by atoms with Crippen molar-refractivity contribution in [1.82, 2.24) is 20.4 Å². The van der Waals surface area contributed by atoms with E-state index in [9.17, 15) is 19.7 Å². The minimum atomic E-state index is -0.605. The molecule has 0 fully saturated rings. The molecule has 1 amide bonds. The number of aromatic nitrogens is 2. The van der Waals surface area contributed by atoms with E-state index in [0.29, 0.717) is 12.2 Å². The largest absolute Gasteiger partial charge is 0.347 e. The number of carbonyl (C=O) groups excluding carboxylic acids is 1. The van der Waals surface area contributed by atoms with Crippen LogP contribution < -0.4 is 16.1 Å². The van der Waals surface area contributed by atoms with Crippen LogP contribution in [0, 0.1) is 17.0 Å².